The van der Waals surface area contributed by atoms with E-state index >= 15 is 0 Å². The largest absolute Gasteiger partial charge is 0.378 e. The fourth-order valence-corrected chi connectivity index (χ4v) is 6.36. The fraction of sp³-hybridized carbons (Fsp3) is 0.333. The number of morpholine rings is 1. The van der Waals surface area contributed by atoms with Crippen LogP contribution >= 0.6 is 0 Å². The second kappa shape index (κ2) is 12.7. The number of benzene rings is 3. The number of imidazole rings is 1. The van der Waals surface area contributed by atoms with Crippen LogP contribution in [0.25, 0.3) is 33.3 Å². The van der Waals surface area contributed by atoms with Gasteiger partial charge in [-0.15, -0.1) is 0 Å². The van der Waals surface area contributed by atoms with Crippen LogP contribution in [0.1, 0.15) is 45.0 Å². The first-order valence-electron chi connectivity index (χ1n) is 15.9. The minimum Gasteiger partial charge on any atom is -0.378 e. The van der Waals surface area contributed by atoms with Crippen molar-refractivity contribution in [3.05, 3.63) is 85.1 Å². The minimum absolute atomic E-state index is 0.0228. The third-order valence-corrected chi connectivity index (χ3v) is 8.74. The van der Waals surface area contributed by atoms with Crippen LogP contribution in [0.15, 0.2) is 79.3 Å². The molecule has 1 atom stereocenters. The highest BCUT2D eigenvalue weighted by molar-refractivity contribution is 5.94. The third kappa shape index (κ3) is 6.26. The number of anilines is 3. The van der Waals surface area contributed by atoms with Gasteiger partial charge < -0.3 is 24.8 Å². The summed E-state index contributed by atoms with van der Waals surface area (Å²) in [5.74, 6) is 2.21. The number of rotatable bonds is 8. The second-order valence-electron chi connectivity index (χ2n) is 12.3. The standard InChI is InChI=1S/C36H39N7O2/c1-24(2)20-34(44)43-15-3-4-33(43)36-37-22-32(41-36)26-7-5-25(6-8-26)27-9-14-31-30(21-27)35(39-23-38-31)40-28-10-12-29(13-11-28)42-16-18-45-19-17-42/h5-14,21-24,33H,3-4,15-20H2,1-2H3,(H,37,41)(H,38,39,40)/t33-/m0/s1. The molecule has 0 bridgehead atoms. The Morgan fingerprint density at radius 1 is 0.933 bits per heavy atom. The number of ether oxygens (including phenoxy) is 1. The lowest BCUT2D eigenvalue weighted by Gasteiger charge is -2.28. The molecule has 0 radical (unpaired) electrons. The minimum atomic E-state index is 0.0228. The maximum atomic E-state index is 12.8. The Morgan fingerprint density at radius 2 is 1.69 bits per heavy atom. The summed E-state index contributed by atoms with van der Waals surface area (Å²) in [5.41, 5.74) is 7.27. The van der Waals surface area contributed by atoms with E-state index in [1.165, 1.54) is 5.69 Å². The van der Waals surface area contributed by atoms with Crippen molar-refractivity contribution >= 4 is 34.0 Å². The Kier molecular flexibility index (Phi) is 8.17. The number of hydrogen-bond acceptors (Lipinski definition) is 7. The van der Waals surface area contributed by atoms with Crippen molar-refractivity contribution in [3.8, 4) is 22.4 Å². The van der Waals surface area contributed by atoms with E-state index < -0.39 is 0 Å². The Balaban J connectivity index is 1.08. The predicted molar refractivity (Wildman–Crippen MR) is 178 cm³/mol. The number of hydrogen-bond donors (Lipinski definition) is 2. The summed E-state index contributed by atoms with van der Waals surface area (Å²) in [6, 6.07) is 23.3. The number of H-pyrrole nitrogens is 1. The molecular formula is C36H39N7O2. The molecule has 1 amide bonds. The lowest BCUT2D eigenvalue weighted by atomic mass is 10.0. The molecule has 2 aromatic heterocycles. The van der Waals surface area contributed by atoms with Crippen molar-refractivity contribution in [1.29, 1.82) is 0 Å². The second-order valence-corrected chi connectivity index (χ2v) is 12.3. The molecule has 7 rings (SSSR count). The first kappa shape index (κ1) is 29.0. The highest BCUT2D eigenvalue weighted by atomic mass is 16.5. The van der Waals surface area contributed by atoms with Crippen molar-refractivity contribution in [2.75, 3.05) is 43.1 Å². The summed E-state index contributed by atoms with van der Waals surface area (Å²) < 4.78 is 5.49. The summed E-state index contributed by atoms with van der Waals surface area (Å²) >= 11 is 0. The van der Waals surface area contributed by atoms with Crippen LogP contribution in [0.2, 0.25) is 0 Å². The number of nitrogens with one attached hydrogen (secondary N) is 2. The van der Waals surface area contributed by atoms with Crippen molar-refractivity contribution in [1.82, 2.24) is 24.8 Å². The molecule has 0 aliphatic carbocycles. The quantitative estimate of drug-likeness (QED) is 0.198. The average Bonchev–Trinajstić information content (AvgIpc) is 3.76. The Morgan fingerprint density at radius 3 is 2.47 bits per heavy atom. The molecule has 2 saturated heterocycles. The maximum absolute atomic E-state index is 12.8. The lowest BCUT2D eigenvalue weighted by molar-refractivity contribution is -0.133. The Labute approximate surface area is 263 Å². The SMILES string of the molecule is CC(C)CC(=O)N1CCC[C@H]1c1ncc(-c2ccc(-c3ccc4ncnc(Nc5ccc(N6CCOCC6)cc5)c4c3)cc2)[nH]1. The van der Waals surface area contributed by atoms with Crippen molar-refractivity contribution in [2.45, 2.75) is 39.2 Å². The first-order valence-corrected chi connectivity index (χ1v) is 15.9. The molecule has 9 heteroatoms. The van der Waals surface area contributed by atoms with E-state index in [4.69, 9.17) is 9.72 Å². The number of fused-ring (bicyclic) bond motifs is 1. The van der Waals surface area contributed by atoms with Crippen molar-refractivity contribution in [3.63, 3.8) is 0 Å². The van der Waals surface area contributed by atoms with Gasteiger partial charge in [0.15, 0.2) is 0 Å². The molecule has 45 heavy (non-hydrogen) atoms. The van der Waals surface area contributed by atoms with Crippen LogP contribution in [0.4, 0.5) is 17.2 Å². The topological polar surface area (TPSA) is 99.3 Å². The Hall–Kier alpha value is -4.76. The van der Waals surface area contributed by atoms with E-state index in [0.29, 0.717) is 12.3 Å². The lowest BCUT2D eigenvalue weighted by Crippen LogP contribution is -2.36. The average molecular weight is 602 g/mol. The van der Waals surface area contributed by atoms with Gasteiger partial charge in [0.05, 0.1) is 36.7 Å². The summed E-state index contributed by atoms with van der Waals surface area (Å²) in [5, 5.41) is 4.46. The number of likely N-dealkylation sites (tertiary alicyclic amines) is 1. The zero-order chi connectivity index (χ0) is 30.8. The first-order chi connectivity index (χ1) is 22.0. The summed E-state index contributed by atoms with van der Waals surface area (Å²) in [6.07, 6.45) is 6.01. The van der Waals surface area contributed by atoms with Crippen LogP contribution in [0.5, 0.6) is 0 Å². The molecule has 2 aliphatic heterocycles. The zero-order valence-electron chi connectivity index (χ0n) is 25.9. The third-order valence-electron chi connectivity index (χ3n) is 8.74. The van der Waals surface area contributed by atoms with E-state index in [2.05, 4.69) is 99.7 Å². The molecule has 230 valence electrons. The number of aromatic amines is 1. The molecular weight excluding hydrogens is 562 g/mol. The van der Waals surface area contributed by atoms with Crippen LogP contribution in [0, 0.1) is 5.92 Å². The summed E-state index contributed by atoms with van der Waals surface area (Å²) in [6.45, 7) is 8.34. The van der Waals surface area contributed by atoms with Gasteiger partial charge in [0.2, 0.25) is 5.91 Å². The van der Waals surface area contributed by atoms with Gasteiger partial charge in [-0.05, 0) is 71.8 Å². The van der Waals surface area contributed by atoms with Gasteiger partial charge in [-0.1, -0.05) is 44.2 Å². The molecule has 2 fully saturated rings. The highest BCUT2D eigenvalue weighted by Crippen LogP contribution is 2.34. The maximum Gasteiger partial charge on any atom is 0.223 e. The van der Waals surface area contributed by atoms with Gasteiger partial charge in [0.25, 0.3) is 0 Å². The molecule has 9 nitrogen and oxygen atoms in total. The Bertz CT molecular complexity index is 1780. The zero-order valence-corrected chi connectivity index (χ0v) is 25.9. The van der Waals surface area contributed by atoms with Crippen LogP contribution < -0.4 is 10.2 Å². The summed E-state index contributed by atoms with van der Waals surface area (Å²) in [4.78, 5) is 34.5. The number of amides is 1. The van der Waals surface area contributed by atoms with Gasteiger partial charge in [-0.3, -0.25) is 4.79 Å². The van der Waals surface area contributed by atoms with E-state index in [0.717, 1.165) is 96.3 Å². The van der Waals surface area contributed by atoms with Gasteiger partial charge in [0, 0.05) is 42.8 Å². The highest BCUT2D eigenvalue weighted by Gasteiger charge is 2.32. The van der Waals surface area contributed by atoms with Crippen LogP contribution in [-0.4, -0.2) is 63.6 Å². The van der Waals surface area contributed by atoms with E-state index in [-0.39, 0.29) is 11.9 Å². The van der Waals surface area contributed by atoms with E-state index in [1.807, 2.05) is 17.2 Å². The van der Waals surface area contributed by atoms with Crippen molar-refractivity contribution < 1.29 is 9.53 Å². The van der Waals surface area contributed by atoms with E-state index in [9.17, 15) is 4.79 Å². The molecule has 2 aliphatic rings. The number of nitrogens with zero attached hydrogens (tertiary/aromatic N) is 5. The van der Waals surface area contributed by atoms with Gasteiger partial charge in [0.1, 0.15) is 18.0 Å². The monoisotopic (exact) mass is 601 g/mol. The molecule has 4 heterocycles. The predicted octanol–water partition coefficient (Wildman–Crippen LogP) is 6.98. The smallest absolute Gasteiger partial charge is 0.223 e. The van der Waals surface area contributed by atoms with Crippen LogP contribution in [-0.2, 0) is 9.53 Å². The van der Waals surface area contributed by atoms with Gasteiger partial charge in [-0.25, -0.2) is 15.0 Å². The van der Waals surface area contributed by atoms with Gasteiger partial charge >= 0.3 is 0 Å². The van der Waals surface area contributed by atoms with Gasteiger partial charge in [-0.2, -0.15) is 0 Å². The molecule has 2 N–H and O–H groups in total. The molecule has 0 unspecified atom stereocenters. The molecule has 5 aromatic rings. The normalized spacial score (nSPS) is 16.9. The molecule has 0 spiro atoms. The molecule has 0 saturated carbocycles. The number of carbonyl (C=O) groups is 1. The number of aromatic nitrogens is 4. The van der Waals surface area contributed by atoms with Crippen LogP contribution in [0.3, 0.4) is 0 Å². The van der Waals surface area contributed by atoms with E-state index in [1.54, 1.807) is 6.33 Å². The summed E-state index contributed by atoms with van der Waals surface area (Å²) in [7, 11) is 0. The van der Waals surface area contributed by atoms with Crippen molar-refractivity contribution in [2.24, 2.45) is 5.92 Å². The molecule has 3 aromatic carbocycles. The number of carbonyl (C=O) groups excluding carboxylic acids is 1. The fourth-order valence-electron chi connectivity index (χ4n) is 6.36.